The van der Waals surface area contributed by atoms with E-state index in [4.69, 9.17) is 0 Å². The molecule has 1 aromatic heterocycles. The molecule has 0 bridgehead atoms. The summed E-state index contributed by atoms with van der Waals surface area (Å²) in [5.74, 6) is -0.418. The molecule has 0 saturated carbocycles. The second kappa shape index (κ2) is 7.53. The Hall–Kier alpha value is -2.03. The van der Waals surface area contributed by atoms with Crippen molar-refractivity contribution in [2.24, 2.45) is 0 Å². The van der Waals surface area contributed by atoms with Crippen LogP contribution in [0.3, 0.4) is 0 Å². The van der Waals surface area contributed by atoms with E-state index < -0.39 is 28.1 Å². The third-order valence-corrected chi connectivity index (χ3v) is 6.45. The van der Waals surface area contributed by atoms with Crippen LogP contribution in [0.25, 0.3) is 11.1 Å². The van der Waals surface area contributed by atoms with Crippen molar-refractivity contribution in [2.75, 3.05) is 17.7 Å². The SMILES string of the molecule is CCS(=O)(=O)NC(C)c1cncc(-c2cc3c(cc2F)N(C)C(O)CC3)c1. The fourth-order valence-corrected chi connectivity index (χ4v) is 4.10. The fraction of sp³-hybridized carbons (Fsp3) is 0.421. The number of rotatable bonds is 5. The molecule has 3 rings (SSSR count). The molecule has 2 aromatic rings. The number of aliphatic hydroxyl groups excluding tert-OH is 1. The van der Waals surface area contributed by atoms with Crippen molar-refractivity contribution in [1.29, 1.82) is 0 Å². The number of aromatic nitrogens is 1. The van der Waals surface area contributed by atoms with E-state index in [0.29, 0.717) is 35.2 Å². The van der Waals surface area contributed by atoms with Crippen molar-refractivity contribution in [1.82, 2.24) is 9.71 Å². The van der Waals surface area contributed by atoms with Gasteiger partial charge < -0.3 is 10.0 Å². The first kappa shape index (κ1) is 19.7. The van der Waals surface area contributed by atoms with Gasteiger partial charge in [0.05, 0.1) is 5.75 Å². The van der Waals surface area contributed by atoms with E-state index >= 15 is 0 Å². The van der Waals surface area contributed by atoms with Crippen LogP contribution in [-0.4, -0.2) is 37.5 Å². The van der Waals surface area contributed by atoms with E-state index in [1.165, 1.54) is 6.07 Å². The van der Waals surface area contributed by atoms with Crippen LogP contribution in [0.4, 0.5) is 10.1 Å². The lowest BCUT2D eigenvalue weighted by Gasteiger charge is -2.33. The molecule has 2 atom stereocenters. The van der Waals surface area contributed by atoms with Gasteiger partial charge >= 0.3 is 0 Å². The fourth-order valence-electron chi connectivity index (χ4n) is 3.26. The summed E-state index contributed by atoms with van der Waals surface area (Å²) >= 11 is 0. The summed E-state index contributed by atoms with van der Waals surface area (Å²) < 4.78 is 40.9. The highest BCUT2D eigenvalue weighted by Gasteiger charge is 2.24. The number of hydrogen-bond acceptors (Lipinski definition) is 5. The highest BCUT2D eigenvalue weighted by molar-refractivity contribution is 7.89. The molecular formula is C19H24FN3O3S. The maximum Gasteiger partial charge on any atom is 0.211 e. The monoisotopic (exact) mass is 393 g/mol. The molecule has 2 unspecified atom stereocenters. The standard InChI is InChI=1S/C19H24FN3O3S/c1-4-27(25,26)22-12(2)14-7-15(11-21-10-14)16-8-13-5-6-19(24)23(3)18(13)9-17(16)20/h7-12,19,22,24H,4-6H2,1-3H3. The third-order valence-electron chi connectivity index (χ3n) is 4.97. The maximum absolute atomic E-state index is 14.8. The molecule has 27 heavy (non-hydrogen) atoms. The smallest absolute Gasteiger partial charge is 0.211 e. The Morgan fingerprint density at radius 2 is 2.11 bits per heavy atom. The van der Waals surface area contributed by atoms with Crippen molar-refractivity contribution in [3.63, 3.8) is 0 Å². The van der Waals surface area contributed by atoms with Crippen LogP contribution >= 0.6 is 0 Å². The molecule has 0 amide bonds. The maximum atomic E-state index is 14.8. The molecule has 2 heterocycles. The molecule has 146 valence electrons. The quantitative estimate of drug-likeness (QED) is 0.816. The number of aryl methyl sites for hydroxylation is 1. The summed E-state index contributed by atoms with van der Waals surface area (Å²) in [6, 6.07) is 4.50. The molecule has 8 heteroatoms. The number of nitrogens with zero attached hydrogens (tertiary/aromatic N) is 2. The number of fused-ring (bicyclic) bond motifs is 1. The predicted octanol–water partition coefficient (Wildman–Crippen LogP) is 2.59. The Morgan fingerprint density at radius 1 is 1.37 bits per heavy atom. The largest absolute Gasteiger partial charge is 0.374 e. The molecule has 0 spiro atoms. The van der Waals surface area contributed by atoms with Gasteiger partial charge in [-0.2, -0.15) is 0 Å². The van der Waals surface area contributed by atoms with Crippen LogP contribution < -0.4 is 9.62 Å². The Labute approximate surface area is 159 Å². The van der Waals surface area contributed by atoms with E-state index in [1.54, 1.807) is 50.3 Å². The molecular weight excluding hydrogens is 369 g/mol. The number of halogens is 1. The van der Waals surface area contributed by atoms with Crippen molar-refractivity contribution >= 4 is 15.7 Å². The van der Waals surface area contributed by atoms with E-state index in [2.05, 4.69) is 9.71 Å². The van der Waals surface area contributed by atoms with Crippen LogP contribution in [0.5, 0.6) is 0 Å². The lowest BCUT2D eigenvalue weighted by atomic mass is 9.95. The third kappa shape index (κ3) is 4.12. The summed E-state index contributed by atoms with van der Waals surface area (Å²) in [5, 5.41) is 9.95. The molecule has 2 N–H and O–H groups in total. The average Bonchev–Trinajstić information content (AvgIpc) is 2.64. The molecule has 0 fully saturated rings. The minimum Gasteiger partial charge on any atom is -0.374 e. The number of benzene rings is 1. The van der Waals surface area contributed by atoms with Gasteiger partial charge in [0.15, 0.2) is 0 Å². The van der Waals surface area contributed by atoms with Gasteiger partial charge in [-0.3, -0.25) is 4.98 Å². The van der Waals surface area contributed by atoms with Crippen molar-refractivity contribution in [2.45, 2.75) is 39.0 Å². The molecule has 0 saturated heterocycles. The number of nitrogens with one attached hydrogen (secondary N) is 1. The van der Waals surface area contributed by atoms with Gasteiger partial charge in [0.25, 0.3) is 0 Å². The highest BCUT2D eigenvalue weighted by atomic mass is 32.2. The number of anilines is 1. The van der Waals surface area contributed by atoms with Crippen molar-refractivity contribution < 1.29 is 17.9 Å². The van der Waals surface area contributed by atoms with Gasteiger partial charge in [0.1, 0.15) is 12.0 Å². The number of pyridine rings is 1. The summed E-state index contributed by atoms with van der Waals surface area (Å²) in [5.41, 5.74) is 3.31. The topological polar surface area (TPSA) is 82.5 Å². The van der Waals surface area contributed by atoms with Gasteiger partial charge in [-0.15, -0.1) is 0 Å². The molecule has 0 radical (unpaired) electrons. The minimum absolute atomic E-state index is 0.0106. The first-order chi connectivity index (χ1) is 12.7. The molecule has 1 aliphatic heterocycles. The van der Waals surface area contributed by atoms with E-state index in [9.17, 15) is 17.9 Å². The summed E-state index contributed by atoms with van der Waals surface area (Å²) in [6.45, 7) is 3.30. The number of hydrogen-bond donors (Lipinski definition) is 2. The Kier molecular flexibility index (Phi) is 5.50. The first-order valence-corrected chi connectivity index (χ1v) is 10.6. The number of sulfonamides is 1. The van der Waals surface area contributed by atoms with Gasteiger partial charge in [0, 0.05) is 42.3 Å². The normalized spacial score (nSPS) is 18.3. The molecule has 6 nitrogen and oxygen atoms in total. The summed E-state index contributed by atoms with van der Waals surface area (Å²) in [4.78, 5) is 5.83. The zero-order valence-electron chi connectivity index (χ0n) is 15.6. The average molecular weight is 393 g/mol. The zero-order chi connectivity index (χ0) is 19.8. The minimum atomic E-state index is -3.36. The summed E-state index contributed by atoms with van der Waals surface area (Å²) in [7, 11) is -1.62. The summed E-state index contributed by atoms with van der Waals surface area (Å²) in [6.07, 6.45) is 3.78. The van der Waals surface area contributed by atoms with Gasteiger partial charge in [-0.05, 0) is 56.0 Å². The van der Waals surface area contributed by atoms with Gasteiger partial charge in [-0.25, -0.2) is 17.5 Å². The second-order valence-corrected chi connectivity index (χ2v) is 8.88. The highest BCUT2D eigenvalue weighted by Crippen LogP contribution is 2.35. The first-order valence-electron chi connectivity index (χ1n) is 8.90. The number of aliphatic hydroxyl groups is 1. The molecule has 0 aliphatic carbocycles. The van der Waals surface area contributed by atoms with Crippen LogP contribution in [-0.2, 0) is 16.4 Å². The van der Waals surface area contributed by atoms with E-state index in [1.807, 2.05) is 0 Å². The lowest BCUT2D eigenvalue weighted by molar-refractivity contribution is 0.159. The zero-order valence-corrected chi connectivity index (χ0v) is 16.4. The Bertz CT molecular complexity index is 949. The predicted molar refractivity (Wildman–Crippen MR) is 103 cm³/mol. The van der Waals surface area contributed by atoms with Crippen LogP contribution in [0.2, 0.25) is 0 Å². The van der Waals surface area contributed by atoms with Crippen LogP contribution in [0, 0.1) is 5.82 Å². The lowest BCUT2D eigenvalue weighted by Crippen LogP contribution is -2.35. The second-order valence-electron chi connectivity index (χ2n) is 6.84. The Morgan fingerprint density at radius 3 is 2.81 bits per heavy atom. The van der Waals surface area contributed by atoms with Crippen molar-refractivity contribution in [3.05, 3.63) is 47.5 Å². The molecule has 1 aliphatic rings. The van der Waals surface area contributed by atoms with Gasteiger partial charge in [0.2, 0.25) is 10.0 Å². The Balaban J connectivity index is 1.96. The van der Waals surface area contributed by atoms with E-state index in [0.717, 1.165) is 5.56 Å². The van der Waals surface area contributed by atoms with E-state index in [-0.39, 0.29) is 5.75 Å². The molecule has 1 aromatic carbocycles. The van der Waals surface area contributed by atoms with Crippen molar-refractivity contribution in [3.8, 4) is 11.1 Å². The van der Waals surface area contributed by atoms with Crippen LogP contribution in [0.1, 0.15) is 37.4 Å². The van der Waals surface area contributed by atoms with Gasteiger partial charge in [-0.1, -0.05) is 0 Å². The van der Waals surface area contributed by atoms with Crippen LogP contribution in [0.15, 0.2) is 30.6 Å².